The van der Waals surface area contributed by atoms with Gasteiger partial charge in [-0.1, -0.05) is 18.2 Å². The minimum atomic E-state index is 0.355. The molecule has 100 valence electrons. The third-order valence-electron chi connectivity index (χ3n) is 4.12. The fraction of sp³-hybridized carbons (Fsp3) is 0.600. The molecule has 1 heterocycles. The molecular formula is C15H24N2O. The largest absolute Gasteiger partial charge is 0.381 e. The maximum Gasteiger partial charge on any atom is 0.0469 e. The molecule has 0 amide bonds. The van der Waals surface area contributed by atoms with Gasteiger partial charge in [-0.3, -0.25) is 11.3 Å². The van der Waals surface area contributed by atoms with Gasteiger partial charge in [0.2, 0.25) is 0 Å². The minimum absolute atomic E-state index is 0.355. The zero-order valence-corrected chi connectivity index (χ0v) is 11.4. The second-order valence-corrected chi connectivity index (χ2v) is 5.30. The van der Waals surface area contributed by atoms with E-state index in [9.17, 15) is 0 Å². The molecule has 1 atom stereocenters. The summed E-state index contributed by atoms with van der Waals surface area (Å²) in [5.41, 5.74) is 7.18. The van der Waals surface area contributed by atoms with E-state index in [0.717, 1.165) is 32.5 Å². The van der Waals surface area contributed by atoms with Crippen LogP contribution in [0.5, 0.6) is 0 Å². The van der Waals surface area contributed by atoms with Gasteiger partial charge in [0.1, 0.15) is 0 Å². The number of hydrazine groups is 1. The molecule has 0 radical (unpaired) electrons. The van der Waals surface area contributed by atoms with E-state index in [1.54, 1.807) is 0 Å². The Bertz CT molecular complexity index is 366. The van der Waals surface area contributed by atoms with Crippen LogP contribution < -0.4 is 11.3 Å². The topological polar surface area (TPSA) is 47.3 Å². The van der Waals surface area contributed by atoms with Crippen molar-refractivity contribution in [1.29, 1.82) is 0 Å². The summed E-state index contributed by atoms with van der Waals surface area (Å²) in [4.78, 5) is 0. The van der Waals surface area contributed by atoms with Crippen molar-refractivity contribution in [1.82, 2.24) is 5.43 Å². The average Bonchev–Trinajstić information content (AvgIpc) is 2.40. The molecule has 0 aromatic heterocycles. The zero-order valence-electron chi connectivity index (χ0n) is 11.4. The Balaban J connectivity index is 2.09. The van der Waals surface area contributed by atoms with Crippen molar-refractivity contribution in [3.8, 4) is 0 Å². The number of rotatable bonds is 4. The van der Waals surface area contributed by atoms with Crippen LogP contribution in [-0.2, 0) is 11.2 Å². The number of hydrogen-bond acceptors (Lipinski definition) is 3. The quantitative estimate of drug-likeness (QED) is 0.633. The maximum atomic E-state index is 5.76. The first kappa shape index (κ1) is 13.5. The van der Waals surface area contributed by atoms with E-state index in [2.05, 4.69) is 37.5 Å². The van der Waals surface area contributed by atoms with E-state index in [1.165, 1.54) is 16.7 Å². The van der Waals surface area contributed by atoms with E-state index in [4.69, 9.17) is 10.6 Å². The predicted molar refractivity (Wildman–Crippen MR) is 74.3 cm³/mol. The standard InChI is InChI=1S/C15H24N2O/c1-11-4-3-5-12(2)14(11)10-15(17-16)13-6-8-18-9-7-13/h3-5,13,15,17H,6-10,16H2,1-2H3. The predicted octanol–water partition coefficient (Wildman–Crippen LogP) is 2.10. The fourth-order valence-corrected chi connectivity index (χ4v) is 2.87. The van der Waals surface area contributed by atoms with Crippen molar-refractivity contribution >= 4 is 0 Å². The second-order valence-electron chi connectivity index (χ2n) is 5.30. The lowest BCUT2D eigenvalue weighted by molar-refractivity contribution is 0.0537. The smallest absolute Gasteiger partial charge is 0.0469 e. The van der Waals surface area contributed by atoms with Crippen molar-refractivity contribution in [2.75, 3.05) is 13.2 Å². The zero-order chi connectivity index (χ0) is 13.0. The SMILES string of the molecule is Cc1cccc(C)c1CC(NN)C1CCOCC1. The summed E-state index contributed by atoms with van der Waals surface area (Å²) < 4.78 is 5.42. The molecular weight excluding hydrogens is 224 g/mol. The lowest BCUT2D eigenvalue weighted by Crippen LogP contribution is -2.44. The first-order valence-corrected chi connectivity index (χ1v) is 6.81. The molecule has 1 unspecified atom stereocenters. The van der Waals surface area contributed by atoms with Gasteiger partial charge in [0.05, 0.1) is 0 Å². The molecule has 1 aliphatic heterocycles. The Labute approximate surface area is 110 Å². The van der Waals surface area contributed by atoms with Crippen LogP contribution in [0, 0.1) is 19.8 Å². The van der Waals surface area contributed by atoms with Crippen molar-refractivity contribution < 1.29 is 4.74 Å². The molecule has 0 bridgehead atoms. The number of benzene rings is 1. The highest BCUT2D eigenvalue weighted by atomic mass is 16.5. The first-order valence-electron chi connectivity index (χ1n) is 6.81. The van der Waals surface area contributed by atoms with Gasteiger partial charge in [0, 0.05) is 19.3 Å². The summed E-state index contributed by atoms with van der Waals surface area (Å²) in [6, 6.07) is 6.83. The van der Waals surface area contributed by atoms with Crippen LogP contribution >= 0.6 is 0 Å². The molecule has 1 fully saturated rings. The van der Waals surface area contributed by atoms with Crippen LogP contribution in [0.4, 0.5) is 0 Å². The summed E-state index contributed by atoms with van der Waals surface area (Å²) in [6.45, 7) is 6.10. The molecule has 1 aromatic rings. The van der Waals surface area contributed by atoms with Crippen molar-refractivity contribution in [3.63, 3.8) is 0 Å². The Hall–Kier alpha value is -0.900. The maximum absolute atomic E-state index is 5.76. The van der Waals surface area contributed by atoms with E-state index in [-0.39, 0.29) is 0 Å². The Kier molecular flexibility index (Phi) is 4.75. The summed E-state index contributed by atoms with van der Waals surface area (Å²) in [5, 5.41) is 0. The highest BCUT2D eigenvalue weighted by Crippen LogP contribution is 2.23. The Morgan fingerprint density at radius 2 is 1.89 bits per heavy atom. The highest BCUT2D eigenvalue weighted by molar-refractivity contribution is 5.34. The first-order chi connectivity index (χ1) is 8.72. The molecule has 1 aliphatic rings. The number of hydrogen-bond donors (Lipinski definition) is 2. The molecule has 3 heteroatoms. The van der Waals surface area contributed by atoms with Gasteiger partial charge in [0.25, 0.3) is 0 Å². The molecule has 3 nitrogen and oxygen atoms in total. The van der Waals surface area contributed by atoms with Crippen LogP contribution in [0.15, 0.2) is 18.2 Å². The number of nitrogens with one attached hydrogen (secondary N) is 1. The summed E-state index contributed by atoms with van der Waals surface area (Å²) in [7, 11) is 0. The van der Waals surface area contributed by atoms with Crippen molar-refractivity contribution in [3.05, 3.63) is 34.9 Å². The molecule has 0 aliphatic carbocycles. The van der Waals surface area contributed by atoms with E-state index in [1.807, 2.05) is 0 Å². The molecule has 2 rings (SSSR count). The molecule has 0 saturated carbocycles. The molecule has 1 saturated heterocycles. The number of nitrogens with two attached hydrogens (primary N) is 1. The van der Waals surface area contributed by atoms with Gasteiger partial charge in [-0.05, 0) is 55.7 Å². The molecule has 3 N–H and O–H groups in total. The lowest BCUT2D eigenvalue weighted by atomic mass is 9.86. The number of aryl methyl sites for hydroxylation is 2. The summed E-state index contributed by atoms with van der Waals surface area (Å²) >= 11 is 0. The monoisotopic (exact) mass is 248 g/mol. The highest BCUT2D eigenvalue weighted by Gasteiger charge is 2.24. The summed E-state index contributed by atoms with van der Waals surface area (Å²) in [6.07, 6.45) is 3.24. The third kappa shape index (κ3) is 3.10. The molecule has 0 spiro atoms. The summed E-state index contributed by atoms with van der Waals surface area (Å²) in [5.74, 6) is 6.39. The van der Waals surface area contributed by atoms with Crippen LogP contribution in [0.3, 0.4) is 0 Å². The average molecular weight is 248 g/mol. The van der Waals surface area contributed by atoms with Crippen LogP contribution in [0.2, 0.25) is 0 Å². The third-order valence-corrected chi connectivity index (χ3v) is 4.12. The Morgan fingerprint density at radius 1 is 1.28 bits per heavy atom. The van der Waals surface area contributed by atoms with Crippen molar-refractivity contribution in [2.45, 2.75) is 39.2 Å². The van der Waals surface area contributed by atoms with Crippen LogP contribution in [0.1, 0.15) is 29.5 Å². The Morgan fingerprint density at radius 3 is 2.44 bits per heavy atom. The van der Waals surface area contributed by atoms with E-state index >= 15 is 0 Å². The fourth-order valence-electron chi connectivity index (χ4n) is 2.87. The van der Waals surface area contributed by atoms with Crippen LogP contribution in [-0.4, -0.2) is 19.3 Å². The molecule has 18 heavy (non-hydrogen) atoms. The van der Waals surface area contributed by atoms with Crippen LogP contribution in [0.25, 0.3) is 0 Å². The number of ether oxygens (including phenoxy) is 1. The van der Waals surface area contributed by atoms with Gasteiger partial charge in [-0.2, -0.15) is 0 Å². The second kappa shape index (κ2) is 6.32. The minimum Gasteiger partial charge on any atom is -0.381 e. The molecule has 1 aromatic carbocycles. The van der Waals surface area contributed by atoms with Gasteiger partial charge >= 0.3 is 0 Å². The van der Waals surface area contributed by atoms with Gasteiger partial charge in [-0.15, -0.1) is 0 Å². The lowest BCUT2D eigenvalue weighted by Gasteiger charge is -2.30. The van der Waals surface area contributed by atoms with Gasteiger partial charge in [-0.25, -0.2) is 0 Å². The van der Waals surface area contributed by atoms with E-state index in [0.29, 0.717) is 12.0 Å². The van der Waals surface area contributed by atoms with E-state index < -0.39 is 0 Å². The van der Waals surface area contributed by atoms with Gasteiger partial charge < -0.3 is 4.74 Å². The van der Waals surface area contributed by atoms with Gasteiger partial charge in [0.15, 0.2) is 0 Å². The van der Waals surface area contributed by atoms with Crippen molar-refractivity contribution in [2.24, 2.45) is 11.8 Å². The normalized spacial score (nSPS) is 18.8.